The van der Waals surface area contributed by atoms with Crippen LogP contribution in [0.15, 0.2) is 27.7 Å². The third kappa shape index (κ3) is 2.90. The van der Waals surface area contributed by atoms with Gasteiger partial charge in [0, 0.05) is 23.5 Å². The summed E-state index contributed by atoms with van der Waals surface area (Å²) in [7, 11) is 1.93. The van der Waals surface area contributed by atoms with E-state index in [4.69, 9.17) is 9.73 Å². The zero-order valence-electron chi connectivity index (χ0n) is 14.7. The normalized spacial score (nSPS) is 32.5. The standard InChI is InChI=1S/C19H25BrN2O2S/c1-22-17(23)19(21-18(22)25-2)11-16(12-6-4-3-5-7-12)24-15-9-8-13(20)10-14(15)19/h8-10,12,16-17,23H,3-7,11H2,1-2H3. The average Bonchev–Trinajstić information content (AvgIpc) is 2.88. The van der Waals surface area contributed by atoms with E-state index in [1.807, 2.05) is 30.3 Å². The fraction of sp³-hybridized carbons (Fsp3) is 0.632. The third-order valence-electron chi connectivity index (χ3n) is 5.95. The summed E-state index contributed by atoms with van der Waals surface area (Å²) in [6, 6.07) is 6.10. The van der Waals surface area contributed by atoms with E-state index in [1.165, 1.54) is 32.1 Å². The van der Waals surface area contributed by atoms with Gasteiger partial charge in [0.05, 0.1) is 0 Å². The van der Waals surface area contributed by atoms with E-state index in [0.717, 1.165) is 27.4 Å². The number of aliphatic imine (C=N–C) groups is 1. The number of fused-ring (bicyclic) bond motifs is 2. The number of benzene rings is 1. The van der Waals surface area contributed by atoms with Crippen molar-refractivity contribution in [2.75, 3.05) is 13.3 Å². The van der Waals surface area contributed by atoms with Gasteiger partial charge >= 0.3 is 0 Å². The summed E-state index contributed by atoms with van der Waals surface area (Å²) in [5, 5.41) is 12.0. The van der Waals surface area contributed by atoms with Crippen LogP contribution in [0, 0.1) is 5.92 Å². The Morgan fingerprint density at radius 2 is 2.08 bits per heavy atom. The molecule has 1 saturated carbocycles. The molecule has 0 saturated heterocycles. The lowest BCUT2D eigenvalue weighted by molar-refractivity contribution is -0.0321. The van der Waals surface area contributed by atoms with Crippen molar-refractivity contribution in [1.29, 1.82) is 0 Å². The Balaban J connectivity index is 1.79. The monoisotopic (exact) mass is 424 g/mol. The third-order valence-corrected chi connectivity index (χ3v) is 7.19. The molecule has 2 aliphatic heterocycles. The SMILES string of the molecule is CSC1=NC2(CC(C3CCCCC3)Oc3ccc(Br)cc32)C(O)N1C. The van der Waals surface area contributed by atoms with E-state index in [1.54, 1.807) is 11.8 Å². The molecule has 6 heteroatoms. The lowest BCUT2D eigenvalue weighted by atomic mass is 9.75. The van der Waals surface area contributed by atoms with Crippen LogP contribution in [0.4, 0.5) is 0 Å². The van der Waals surface area contributed by atoms with Gasteiger partial charge in [-0.05, 0) is 43.2 Å². The van der Waals surface area contributed by atoms with Gasteiger partial charge in [-0.1, -0.05) is 47.0 Å². The van der Waals surface area contributed by atoms with Crippen molar-refractivity contribution in [3.8, 4) is 5.75 Å². The van der Waals surface area contributed by atoms with Gasteiger partial charge in [0.2, 0.25) is 0 Å². The first kappa shape index (κ1) is 17.7. The molecule has 3 unspecified atom stereocenters. The van der Waals surface area contributed by atoms with Crippen molar-refractivity contribution in [2.45, 2.75) is 56.4 Å². The minimum Gasteiger partial charge on any atom is -0.490 e. The molecule has 4 rings (SSSR count). The smallest absolute Gasteiger partial charge is 0.161 e. The number of aliphatic hydroxyl groups is 1. The van der Waals surface area contributed by atoms with E-state index < -0.39 is 11.8 Å². The molecule has 0 amide bonds. The van der Waals surface area contributed by atoms with Crippen molar-refractivity contribution in [1.82, 2.24) is 4.90 Å². The molecular formula is C19H25BrN2O2S. The molecule has 1 N–H and O–H groups in total. The molecule has 1 aromatic rings. The predicted octanol–water partition coefficient (Wildman–Crippen LogP) is 4.36. The maximum absolute atomic E-state index is 11.2. The predicted molar refractivity (Wildman–Crippen MR) is 106 cm³/mol. The highest BCUT2D eigenvalue weighted by atomic mass is 79.9. The van der Waals surface area contributed by atoms with Crippen molar-refractivity contribution >= 4 is 32.9 Å². The quantitative estimate of drug-likeness (QED) is 0.727. The summed E-state index contributed by atoms with van der Waals surface area (Å²) < 4.78 is 7.43. The van der Waals surface area contributed by atoms with Crippen molar-refractivity contribution in [3.05, 3.63) is 28.2 Å². The molecule has 0 bridgehead atoms. The molecule has 3 aliphatic rings. The van der Waals surface area contributed by atoms with Crippen LogP contribution in [-0.2, 0) is 5.54 Å². The zero-order valence-corrected chi connectivity index (χ0v) is 17.1. The Morgan fingerprint density at radius 1 is 1.32 bits per heavy atom. The number of rotatable bonds is 1. The molecule has 0 aromatic heterocycles. The second-order valence-electron chi connectivity index (χ2n) is 7.41. The molecule has 3 atom stereocenters. The first-order valence-electron chi connectivity index (χ1n) is 9.06. The van der Waals surface area contributed by atoms with Crippen LogP contribution >= 0.6 is 27.7 Å². The van der Waals surface area contributed by atoms with Crippen molar-refractivity contribution in [3.63, 3.8) is 0 Å². The van der Waals surface area contributed by atoms with Gasteiger partial charge in [0.15, 0.2) is 11.4 Å². The summed E-state index contributed by atoms with van der Waals surface area (Å²) in [6.07, 6.45) is 8.57. The first-order valence-corrected chi connectivity index (χ1v) is 11.1. The summed E-state index contributed by atoms with van der Waals surface area (Å²) in [6.45, 7) is 0. The number of amidine groups is 1. The molecule has 1 aromatic carbocycles. The highest BCUT2D eigenvalue weighted by molar-refractivity contribution is 9.10. The van der Waals surface area contributed by atoms with E-state index in [0.29, 0.717) is 5.92 Å². The lowest BCUT2D eigenvalue weighted by Crippen LogP contribution is -2.49. The van der Waals surface area contributed by atoms with Gasteiger partial charge in [-0.2, -0.15) is 0 Å². The number of likely N-dealkylation sites (N-methyl/N-ethyl adjacent to an activating group) is 1. The minimum atomic E-state index is -0.655. The summed E-state index contributed by atoms with van der Waals surface area (Å²) in [5.41, 5.74) is 0.365. The Hall–Kier alpha value is -0.720. The van der Waals surface area contributed by atoms with Crippen LogP contribution in [0.25, 0.3) is 0 Å². The van der Waals surface area contributed by atoms with Crippen LogP contribution in [0.5, 0.6) is 5.75 Å². The summed E-state index contributed by atoms with van der Waals surface area (Å²) >= 11 is 5.17. The number of halogens is 1. The van der Waals surface area contributed by atoms with Crippen LogP contribution in [-0.4, -0.2) is 40.8 Å². The number of aliphatic hydroxyl groups excluding tert-OH is 1. The Morgan fingerprint density at radius 3 is 2.76 bits per heavy atom. The molecule has 25 heavy (non-hydrogen) atoms. The van der Waals surface area contributed by atoms with E-state index in [9.17, 15) is 5.11 Å². The van der Waals surface area contributed by atoms with E-state index >= 15 is 0 Å². The van der Waals surface area contributed by atoms with Crippen LogP contribution in [0.3, 0.4) is 0 Å². The highest BCUT2D eigenvalue weighted by Gasteiger charge is 2.54. The fourth-order valence-electron chi connectivity index (χ4n) is 4.61. The zero-order chi connectivity index (χ0) is 17.6. The van der Waals surface area contributed by atoms with Crippen LogP contribution in [0.2, 0.25) is 0 Å². The average molecular weight is 425 g/mol. The Kier molecular flexibility index (Phi) is 4.80. The molecule has 1 spiro atoms. The molecule has 1 aliphatic carbocycles. The number of hydrogen-bond acceptors (Lipinski definition) is 5. The van der Waals surface area contributed by atoms with Gasteiger partial charge in [0.25, 0.3) is 0 Å². The molecule has 1 fully saturated rings. The highest BCUT2D eigenvalue weighted by Crippen LogP contribution is 2.51. The second-order valence-corrected chi connectivity index (χ2v) is 9.10. The van der Waals surface area contributed by atoms with Gasteiger partial charge in [-0.25, -0.2) is 4.99 Å². The second kappa shape index (κ2) is 6.78. The maximum atomic E-state index is 11.2. The number of nitrogens with zero attached hydrogens (tertiary/aromatic N) is 2. The van der Waals surface area contributed by atoms with Gasteiger partial charge in [-0.3, -0.25) is 0 Å². The van der Waals surface area contributed by atoms with Gasteiger partial charge < -0.3 is 14.7 Å². The van der Waals surface area contributed by atoms with Crippen LogP contribution < -0.4 is 4.74 Å². The molecule has 2 heterocycles. The van der Waals surface area contributed by atoms with E-state index in [2.05, 4.69) is 22.0 Å². The topological polar surface area (TPSA) is 45.1 Å². The number of thioether (sulfide) groups is 1. The Bertz CT molecular complexity index is 692. The molecule has 0 radical (unpaired) electrons. The van der Waals surface area contributed by atoms with Gasteiger partial charge in [0.1, 0.15) is 17.4 Å². The van der Waals surface area contributed by atoms with Crippen molar-refractivity contribution in [2.24, 2.45) is 10.9 Å². The number of hydrogen-bond donors (Lipinski definition) is 1. The Labute approximate surface area is 162 Å². The summed E-state index contributed by atoms with van der Waals surface area (Å²) in [5.74, 6) is 1.44. The molecule has 4 nitrogen and oxygen atoms in total. The largest absolute Gasteiger partial charge is 0.490 e. The lowest BCUT2D eigenvalue weighted by Gasteiger charge is -2.43. The summed E-state index contributed by atoms with van der Waals surface area (Å²) in [4.78, 5) is 6.94. The van der Waals surface area contributed by atoms with Crippen LogP contribution in [0.1, 0.15) is 44.1 Å². The van der Waals surface area contributed by atoms with Gasteiger partial charge in [-0.15, -0.1) is 0 Å². The van der Waals surface area contributed by atoms with Crippen molar-refractivity contribution < 1.29 is 9.84 Å². The van der Waals surface area contributed by atoms with E-state index in [-0.39, 0.29) is 6.10 Å². The maximum Gasteiger partial charge on any atom is 0.161 e. The fourth-order valence-corrected chi connectivity index (χ4v) is 5.61. The number of ether oxygens (including phenoxy) is 1. The minimum absolute atomic E-state index is 0.127. The first-order chi connectivity index (χ1) is 12.0. The molecular weight excluding hydrogens is 400 g/mol. The molecule has 136 valence electrons.